The van der Waals surface area contributed by atoms with Crippen LogP contribution in [-0.2, 0) is 16.0 Å². The van der Waals surface area contributed by atoms with Gasteiger partial charge in [0.05, 0.1) is 11.1 Å². The summed E-state index contributed by atoms with van der Waals surface area (Å²) in [6, 6.07) is 5.70. The van der Waals surface area contributed by atoms with Crippen molar-refractivity contribution in [3.05, 3.63) is 59.1 Å². The van der Waals surface area contributed by atoms with E-state index in [9.17, 15) is 41.0 Å². The summed E-state index contributed by atoms with van der Waals surface area (Å²) >= 11 is 1.09. The van der Waals surface area contributed by atoms with Crippen molar-refractivity contribution in [2.24, 2.45) is 11.3 Å². The quantitative estimate of drug-likeness (QED) is 0.209. The average Bonchev–Trinajstić information content (AvgIpc) is 3.33. The van der Waals surface area contributed by atoms with Crippen LogP contribution in [0.1, 0.15) is 31.4 Å². The topological polar surface area (TPSA) is 116 Å². The number of nitrogens with one attached hydrogen (secondary N) is 1. The number of halogens is 6. The molecule has 2 fully saturated rings. The molecule has 2 aliphatic rings. The molecule has 2 saturated carbocycles. The number of aromatic nitrogens is 1. The van der Waals surface area contributed by atoms with Crippen molar-refractivity contribution >= 4 is 28.3 Å². The lowest BCUT2D eigenvalue weighted by Gasteiger charge is -2.43. The molecule has 0 radical (unpaired) electrons. The number of aliphatic carboxylic acids is 1. The number of carbonyl (C=O) groups excluding carboxylic acids is 1. The molecule has 0 unspecified atom stereocenters. The van der Waals surface area contributed by atoms with Crippen LogP contribution in [0.3, 0.4) is 0 Å². The predicted octanol–water partition coefficient (Wildman–Crippen LogP) is 6.28. The molecule has 3 aromatic rings. The largest absolute Gasteiger partial charge is 0.486 e. The third-order valence-corrected chi connectivity index (χ3v) is 8.09. The SMILES string of the molecule is O=C(Nc1nc(C[C@]2(C(=O)O)C[C@H](Oc3cc(F)ccc3OC(F)F)C2)cs1)C1CC(Oc2cc(F)ccc2OC(F)F)C1. The minimum absolute atomic E-state index is 0.00585. The predicted molar refractivity (Wildman–Crippen MR) is 141 cm³/mol. The van der Waals surface area contributed by atoms with Crippen molar-refractivity contribution in [1.29, 1.82) is 0 Å². The maximum atomic E-state index is 13.7. The minimum atomic E-state index is -3.16. The number of carboxylic acids is 1. The van der Waals surface area contributed by atoms with E-state index in [0.29, 0.717) is 5.69 Å². The second-order valence-corrected chi connectivity index (χ2v) is 11.2. The standard InChI is InChI=1S/C28H24F6N2O7S/c29-14-1-3-19(42-25(31)32)21(7-14)40-17-5-13(6-17)23(37)36-27-35-16(12-44-27)9-28(24(38)39)10-18(11-28)41-22-8-15(30)2-4-20(22)43-26(33)34/h1-4,7-8,12-13,17-18,25-26H,5-6,9-11H2,(H,38,39)(H,35,36,37)/t13?,17?,18-,28-. The van der Waals surface area contributed by atoms with E-state index in [1.165, 1.54) is 0 Å². The average molecular weight is 647 g/mol. The number of amides is 1. The van der Waals surface area contributed by atoms with Crippen molar-refractivity contribution in [2.45, 2.75) is 57.5 Å². The molecular weight excluding hydrogens is 622 g/mol. The molecule has 2 aliphatic carbocycles. The van der Waals surface area contributed by atoms with E-state index >= 15 is 0 Å². The fourth-order valence-electron chi connectivity index (χ4n) is 5.06. The summed E-state index contributed by atoms with van der Waals surface area (Å²) in [6.07, 6.45) is -0.801. The first-order valence-corrected chi connectivity index (χ1v) is 14.1. The van der Waals surface area contributed by atoms with Gasteiger partial charge in [0.1, 0.15) is 23.8 Å². The van der Waals surface area contributed by atoms with Gasteiger partial charge in [-0.05, 0) is 37.1 Å². The van der Waals surface area contributed by atoms with Gasteiger partial charge in [0.15, 0.2) is 28.1 Å². The molecule has 44 heavy (non-hydrogen) atoms. The second kappa shape index (κ2) is 12.8. The smallest absolute Gasteiger partial charge is 0.387 e. The summed E-state index contributed by atoms with van der Waals surface area (Å²) in [5.41, 5.74) is -0.884. The van der Waals surface area contributed by atoms with Crippen LogP contribution in [0.2, 0.25) is 0 Å². The summed E-state index contributed by atoms with van der Waals surface area (Å²) in [5.74, 6) is -4.61. The van der Waals surface area contributed by atoms with E-state index in [4.69, 9.17) is 9.47 Å². The number of thiazole rings is 1. The third-order valence-electron chi connectivity index (χ3n) is 7.29. The number of carbonyl (C=O) groups is 2. The summed E-state index contributed by atoms with van der Waals surface area (Å²) in [7, 11) is 0. The van der Waals surface area contributed by atoms with E-state index in [1.54, 1.807) is 5.38 Å². The van der Waals surface area contributed by atoms with Gasteiger partial charge >= 0.3 is 19.2 Å². The van der Waals surface area contributed by atoms with Gasteiger partial charge in [-0.2, -0.15) is 17.6 Å². The second-order valence-electron chi connectivity index (χ2n) is 10.4. The zero-order valence-corrected chi connectivity index (χ0v) is 23.3. The first kappa shape index (κ1) is 31.2. The Balaban J connectivity index is 1.12. The summed E-state index contributed by atoms with van der Waals surface area (Å²) in [6.45, 7) is -6.29. The minimum Gasteiger partial charge on any atom is -0.486 e. The number of rotatable bonds is 13. The van der Waals surface area contributed by atoms with Gasteiger partial charge in [-0.25, -0.2) is 13.8 Å². The van der Waals surface area contributed by atoms with Gasteiger partial charge in [-0.1, -0.05) is 0 Å². The Hall–Kier alpha value is -4.21. The van der Waals surface area contributed by atoms with Crippen LogP contribution in [0.25, 0.3) is 0 Å². The van der Waals surface area contributed by atoms with Crippen molar-refractivity contribution in [3.8, 4) is 23.0 Å². The van der Waals surface area contributed by atoms with E-state index in [2.05, 4.69) is 19.8 Å². The Morgan fingerprint density at radius 1 is 0.909 bits per heavy atom. The maximum Gasteiger partial charge on any atom is 0.387 e. The lowest BCUT2D eigenvalue weighted by Crippen LogP contribution is -2.50. The molecule has 1 amide bonds. The van der Waals surface area contributed by atoms with Crippen LogP contribution in [-0.4, -0.2) is 47.4 Å². The fraction of sp³-hybridized carbons (Fsp3) is 0.393. The maximum absolute atomic E-state index is 13.7. The molecule has 236 valence electrons. The van der Waals surface area contributed by atoms with Crippen molar-refractivity contribution in [3.63, 3.8) is 0 Å². The van der Waals surface area contributed by atoms with Crippen LogP contribution in [0, 0.1) is 23.0 Å². The highest BCUT2D eigenvalue weighted by molar-refractivity contribution is 7.13. The van der Waals surface area contributed by atoms with Gasteiger partial charge in [0, 0.05) is 42.7 Å². The molecular formula is C28H24F6N2O7S. The van der Waals surface area contributed by atoms with Gasteiger partial charge < -0.3 is 29.4 Å². The lowest BCUT2D eigenvalue weighted by molar-refractivity contribution is -0.161. The lowest BCUT2D eigenvalue weighted by atomic mass is 9.64. The van der Waals surface area contributed by atoms with Crippen LogP contribution in [0.15, 0.2) is 41.8 Å². The van der Waals surface area contributed by atoms with E-state index in [1.807, 2.05) is 0 Å². The number of anilines is 1. The van der Waals surface area contributed by atoms with E-state index in [0.717, 1.165) is 47.7 Å². The molecule has 0 bridgehead atoms. The molecule has 0 atom stereocenters. The Morgan fingerprint density at radius 2 is 1.45 bits per heavy atom. The first-order chi connectivity index (χ1) is 20.9. The zero-order valence-electron chi connectivity index (χ0n) is 22.5. The highest BCUT2D eigenvalue weighted by Crippen LogP contribution is 2.47. The Morgan fingerprint density at radius 3 is 1.98 bits per heavy atom. The van der Waals surface area contributed by atoms with Crippen LogP contribution < -0.4 is 24.3 Å². The number of benzene rings is 2. The number of carboxylic acid groups (broad SMARTS) is 1. The monoisotopic (exact) mass is 646 g/mol. The molecule has 2 N–H and O–H groups in total. The third kappa shape index (κ3) is 7.29. The molecule has 1 aromatic heterocycles. The number of hydrogen-bond acceptors (Lipinski definition) is 8. The molecule has 2 aromatic carbocycles. The zero-order chi connectivity index (χ0) is 31.6. The van der Waals surface area contributed by atoms with Crippen LogP contribution >= 0.6 is 11.3 Å². The summed E-state index contributed by atoms with van der Waals surface area (Å²) in [5, 5.41) is 14.4. The first-order valence-electron chi connectivity index (χ1n) is 13.2. The summed E-state index contributed by atoms with van der Waals surface area (Å²) in [4.78, 5) is 29.1. The molecule has 5 rings (SSSR count). The van der Waals surface area contributed by atoms with Gasteiger partial charge in [0.2, 0.25) is 5.91 Å². The highest BCUT2D eigenvalue weighted by Gasteiger charge is 2.52. The molecule has 9 nitrogen and oxygen atoms in total. The normalized spacial score (nSPS) is 22.6. The molecule has 0 aliphatic heterocycles. The van der Waals surface area contributed by atoms with Crippen molar-refractivity contribution in [1.82, 2.24) is 4.98 Å². The van der Waals surface area contributed by atoms with Gasteiger partial charge in [0.25, 0.3) is 0 Å². The number of alkyl halides is 4. The summed E-state index contributed by atoms with van der Waals surface area (Å²) < 4.78 is 97.7. The fourth-order valence-corrected chi connectivity index (χ4v) is 5.77. The van der Waals surface area contributed by atoms with Gasteiger partial charge in [-0.15, -0.1) is 11.3 Å². The Labute approximate surface area is 249 Å². The van der Waals surface area contributed by atoms with Crippen LogP contribution in [0.4, 0.5) is 31.5 Å². The number of nitrogens with zero attached hydrogens (tertiary/aromatic N) is 1. The van der Waals surface area contributed by atoms with Crippen molar-refractivity contribution in [2.75, 3.05) is 5.32 Å². The number of ether oxygens (including phenoxy) is 4. The van der Waals surface area contributed by atoms with E-state index < -0.39 is 54.4 Å². The molecule has 16 heteroatoms. The van der Waals surface area contributed by atoms with Gasteiger partial charge in [-0.3, -0.25) is 9.59 Å². The van der Waals surface area contributed by atoms with Crippen molar-refractivity contribution < 1.29 is 60.0 Å². The molecule has 0 saturated heterocycles. The Kier molecular flexibility index (Phi) is 9.08. The van der Waals surface area contributed by atoms with E-state index in [-0.39, 0.29) is 66.1 Å². The molecule has 1 heterocycles. The Bertz CT molecular complexity index is 1510. The number of hydrogen-bond donors (Lipinski definition) is 2. The molecule has 0 spiro atoms. The highest BCUT2D eigenvalue weighted by atomic mass is 32.1. The van der Waals surface area contributed by atoms with Crippen LogP contribution in [0.5, 0.6) is 23.0 Å².